The molecule has 4 rings (SSSR count). The highest BCUT2D eigenvalue weighted by atomic mass is 127. The molecule has 0 saturated carbocycles. The summed E-state index contributed by atoms with van der Waals surface area (Å²) in [6.45, 7) is 0. The van der Waals surface area contributed by atoms with Crippen molar-refractivity contribution in [3.8, 4) is 47.2 Å². The second-order valence-corrected chi connectivity index (χ2v) is 8.12. The molecule has 0 aliphatic heterocycles. The molecule has 0 spiro atoms. The van der Waals surface area contributed by atoms with Gasteiger partial charge in [-0.1, -0.05) is 17.8 Å². The summed E-state index contributed by atoms with van der Waals surface area (Å²) in [4.78, 5) is 0. The summed E-state index contributed by atoms with van der Waals surface area (Å²) in [5.74, 6) is 10.7. The highest BCUT2D eigenvalue weighted by Gasteiger charge is 1.91. The van der Waals surface area contributed by atoms with E-state index >= 15 is 0 Å². The van der Waals surface area contributed by atoms with E-state index < -0.39 is 0 Å². The quantitative estimate of drug-likeness (QED) is 0.212. The van der Waals surface area contributed by atoms with E-state index in [9.17, 15) is 0 Å². The van der Waals surface area contributed by atoms with Gasteiger partial charge in [-0.2, -0.15) is 0 Å². The van der Waals surface area contributed by atoms with E-state index in [0.717, 1.165) is 28.2 Å². The Morgan fingerprint density at radius 1 is 0.571 bits per heavy atom. The van der Waals surface area contributed by atoms with Crippen LogP contribution in [0.2, 0.25) is 0 Å². The van der Waals surface area contributed by atoms with Gasteiger partial charge in [-0.05, 0) is 120 Å². The minimum absolute atomic E-state index is 0.244. The molecule has 4 aromatic rings. The monoisotopic (exact) mass is 576 g/mol. The third-order valence-electron chi connectivity index (χ3n) is 4.39. The Morgan fingerprint density at radius 2 is 0.914 bits per heavy atom. The number of hydrogen-bond donors (Lipinski definition) is 2. The first kappa shape index (κ1) is 27.2. The molecular formula is C30H25IO4. The van der Waals surface area contributed by atoms with Crippen molar-refractivity contribution in [2.75, 3.05) is 14.2 Å². The molecule has 0 aromatic heterocycles. The fourth-order valence-corrected chi connectivity index (χ4v) is 2.85. The minimum atomic E-state index is 0.244. The van der Waals surface area contributed by atoms with Gasteiger partial charge >= 0.3 is 0 Å². The molecule has 0 fully saturated rings. The zero-order chi connectivity index (χ0) is 25.5. The molecule has 0 atom stereocenters. The molecule has 2 N–H and O–H groups in total. The van der Waals surface area contributed by atoms with Crippen LogP contribution in [0.25, 0.3) is 0 Å². The van der Waals surface area contributed by atoms with Gasteiger partial charge < -0.3 is 19.7 Å². The zero-order valence-electron chi connectivity index (χ0n) is 19.4. The summed E-state index contributed by atoms with van der Waals surface area (Å²) in [6, 6.07) is 28.8. The second kappa shape index (κ2) is 15.0. The number of aromatic hydroxyl groups is 2. The van der Waals surface area contributed by atoms with Gasteiger partial charge in [0.2, 0.25) is 0 Å². The average molecular weight is 576 g/mol. The normalized spacial score (nSPS) is 8.97. The maximum Gasteiger partial charge on any atom is 0.118 e. The van der Waals surface area contributed by atoms with Crippen LogP contribution in [0.3, 0.4) is 0 Å². The molecule has 0 saturated heterocycles. The van der Waals surface area contributed by atoms with Crippen LogP contribution in [-0.4, -0.2) is 24.4 Å². The van der Waals surface area contributed by atoms with E-state index in [1.807, 2.05) is 48.5 Å². The number of hydrogen-bond acceptors (Lipinski definition) is 4. The Balaban J connectivity index is 0.000000203. The Labute approximate surface area is 220 Å². The van der Waals surface area contributed by atoms with Crippen molar-refractivity contribution in [3.63, 3.8) is 0 Å². The van der Waals surface area contributed by atoms with Crippen molar-refractivity contribution in [3.05, 3.63) is 117 Å². The molecule has 0 unspecified atom stereocenters. The van der Waals surface area contributed by atoms with Crippen LogP contribution in [-0.2, 0) is 0 Å². The molecule has 0 amide bonds. The Morgan fingerprint density at radius 3 is 1.29 bits per heavy atom. The first-order valence-electron chi connectivity index (χ1n) is 10.4. The number of ether oxygens (including phenoxy) is 2. The van der Waals surface area contributed by atoms with Gasteiger partial charge in [0, 0.05) is 20.3 Å². The molecule has 176 valence electrons. The smallest absolute Gasteiger partial charge is 0.118 e. The Bertz CT molecular complexity index is 1260. The fourth-order valence-electron chi connectivity index (χ4n) is 2.49. The van der Waals surface area contributed by atoms with E-state index in [1.165, 1.54) is 3.57 Å². The first-order chi connectivity index (χ1) is 16.9. The summed E-state index contributed by atoms with van der Waals surface area (Å²) in [6.07, 6.45) is 5.07. The molecule has 5 heteroatoms. The standard InChI is InChI=1S/C15H12O2.C8H6O.C7H7IO/c1-17-15-10-6-13(7-11-15)3-2-12-4-8-14(16)9-5-12;1-2-7-3-5-8(9)6-4-7;1-9-7-4-2-6(8)3-5-7/h4-11,16H,1H3;1,3-6,9H;2-5H,1H3. The molecule has 0 radical (unpaired) electrons. The lowest BCUT2D eigenvalue weighted by atomic mass is 10.2. The molecule has 35 heavy (non-hydrogen) atoms. The number of terminal acetylenes is 1. The lowest BCUT2D eigenvalue weighted by Crippen LogP contribution is -1.82. The van der Waals surface area contributed by atoms with E-state index in [1.54, 1.807) is 62.8 Å². The van der Waals surface area contributed by atoms with Crippen LogP contribution >= 0.6 is 22.6 Å². The summed E-state index contributed by atoms with van der Waals surface area (Å²) >= 11 is 2.26. The molecule has 0 bridgehead atoms. The van der Waals surface area contributed by atoms with Gasteiger partial charge in [-0.25, -0.2) is 0 Å². The van der Waals surface area contributed by atoms with Crippen LogP contribution in [0, 0.1) is 27.8 Å². The largest absolute Gasteiger partial charge is 0.508 e. The minimum Gasteiger partial charge on any atom is -0.508 e. The van der Waals surface area contributed by atoms with Gasteiger partial charge in [0.1, 0.15) is 23.0 Å². The van der Waals surface area contributed by atoms with E-state index in [2.05, 4.69) is 40.4 Å². The number of halogens is 1. The van der Waals surface area contributed by atoms with Gasteiger partial charge in [-0.15, -0.1) is 6.42 Å². The fraction of sp³-hybridized carbons (Fsp3) is 0.0667. The van der Waals surface area contributed by atoms with Gasteiger partial charge in [-0.3, -0.25) is 0 Å². The molecular weight excluding hydrogens is 551 g/mol. The van der Waals surface area contributed by atoms with E-state index in [0.29, 0.717) is 0 Å². The maximum atomic E-state index is 9.14. The SMILES string of the molecule is C#Cc1ccc(O)cc1.COc1ccc(C#Cc2ccc(O)cc2)cc1.COc1ccc(I)cc1. The Kier molecular flexibility index (Phi) is 11.6. The number of rotatable bonds is 2. The predicted octanol–water partition coefficient (Wildman–Crippen LogP) is 6.47. The highest BCUT2D eigenvalue weighted by Crippen LogP contribution is 2.13. The van der Waals surface area contributed by atoms with Crippen LogP contribution in [0.1, 0.15) is 16.7 Å². The zero-order valence-corrected chi connectivity index (χ0v) is 21.6. The number of phenolic OH excluding ortho intramolecular Hbond substituents is 2. The topological polar surface area (TPSA) is 58.9 Å². The molecule has 4 nitrogen and oxygen atoms in total. The summed E-state index contributed by atoms with van der Waals surface area (Å²) < 4.78 is 11.3. The summed E-state index contributed by atoms with van der Waals surface area (Å²) in [7, 11) is 3.30. The second-order valence-electron chi connectivity index (χ2n) is 6.87. The third kappa shape index (κ3) is 10.6. The third-order valence-corrected chi connectivity index (χ3v) is 5.11. The molecule has 0 aliphatic rings. The highest BCUT2D eigenvalue weighted by molar-refractivity contribution is 14.1. The lowest BCUT2D eigenvalue weighted by Gasteiger charge is -1.97. The number of phenols is 2. The van der Waals surface area contributed by atoms with Crippen molar-refractivity contribution in [1.29, 1.82) is 0 Å². The van der Waals surface area contributed by atoms with Crippen molar-refractivity contribution < 1.29 is 19.7 Å². The lowest BCUT2D eigenvalue weighted by molar-refractivity contribution is 0.414. The van der Waals surface area contributed by atoms with Crippen molar-refractivity contribution in [2.24, 2.45) is 0 Å². The van der Waals surface area contributed by atoms with Crippen molar-refractivity contribution in [2.45, 2.75) is 0 Å². The molecule has 0 aliphatic carbocycles. The summed E-state index contributed by atoms with van der Waals surface area (Å²) in [5.41, 5.74) is 2.59. The van der Waals surface area contributed by atoms with Crippen LogP contribution in [0.5, 0.6) is 23.0 Å². The van der Waals surface area contributed by atoms with E-state index in [-0.39, 0.29) is 11.5 Å². The van der Waals surface area contributed by atoms with E-state index in [4.69, 9.17) is 26.1 Å². The maximum absolute atomic E-state index is 9.14. The van der Waals surface area contributed by atoms with Crippen molar-refractivity contribution in [1.82, 2.24) is 0 Å². The van der Waals surface area contributed by atoms with Gasteiger partial charge in [0.05, 0.1) is 14.2 Å². The van der Waals surface area contributed by atoms with Crippen LogP contribution < -0.4 is 9.47 Å². The van der Waals surface area contributed by atoms with Crippen LogP contribution in [0.15, 0.2) is 97.1 Å². The van der Waals surface area contributed by atoms with Crippen molar-refractivity contribution >= 4 is 22.6 Å². The first-order valence-corrected chi connectivity index (χ1v) is 11.5. The summed E-state index contributed by atoms with van der Waals surface area (Å²) in [5, 5.41) is 17.9. The predicted molar refractivity (Wildman–Crippen MR) is 149 cm³/mol. The average Bonchev–Trinajstić information content (AvgIpc) is 2.90. The molecule has 4 aromatic carbocycles. The van der Waals surface area contributed by atoms with Gasteiger partial charge in [0.15, 0.2) is 0 Å². The number of methoxy groups -OCH3 is 2. The molecule has 0 heterocycles. The van der Waals surface area contributed by atoms with Crippen LogP contribution in [0.4, 0.5) is 0 Å². The number of benzene rings is 4. The Hall–Kier alpha value is -4.07. The van der Waals surface area contributed by atoms with Gasteiger partial charge in [0.25, 0.3) is 0 Å².